The molecule has 1 aromatic rings. The third kappa shape index (κ3) is 3.15. The molecule has 0 spiro atoms. The van der Waals surface area contributed by atoms with Gasteiger partial charge < -0.3 is 16.2 Å². The van der Waals surface area contributed by atoms with E-state index >= 15 is 0 Å². The molecule has 4 N–H and O–H groups in total. The minimum Gasteiger partial charge on any atom is -0.459 e. The lowest BCUT2D eigenvalue weighted by Crippen LogP contribution is -2.18. The number of hydrogen-bond donors (Lipinski definition) is 2. The van der Waals surface area contributed by atoms with Crippen LogP contribution in [0.5, 0.6) is 0 Å². The number of esters is 1. The average molecular weight is 248 g/mol. The maximum atomic E-state index is 12.0. The van der Waals surface area contributed by atoms with Crippen molar-refractivity contribution < 1.29 is 9.53 Å². The molecule has 0 radical (unpaired) electrons. The third-order valence-corrected chi connectivity index (χ3v) is 3.37. The van der Waals surface area contributed by atoms with Crippen molar-refractivity contribution in [1.29, 1.82) is 0 Å². The normalized spacial score (nSPS) is 17.1. The van der Waals surface area contributed by atoms with Crippen LogP contribution in [-0.2, 0) is 4.74 Å². The van der Waals surface area contributed by atoms with Crippen LogP contribution in [0.15, 0.2) is 18.2 Å². The van der Waals surface area contributed by atoms with E-state index in [1.54, 1.807) is 18.2 Å². The van der Waals surface area contributed by atoms with Crippen molar-refractivity contribution in [1.82, 2.24) is 0 Å². The van der Waals surface area contributed by atoms with Crippen LogP contribution >= 0.6 is 0 Å². The Hall–Kier alpha value is -1.71. The molecular weight excluding hydrogens is 228 g/mol. The van der Waals surface area contributed by atoms with Gasteiger partial charge >= 0.3 is 5.97 Å². The van der Waals surface area contributed by atoms with Gasteiger partial charge in [-0.3, -0.25) is 0 Å². The smallest absolute Gasteiger partial charge is 0.340 e. The summed E-state index contributed by atoms with van der Waals surface area (Å²) >= 11 is 0. The van der Waals surface area contributed by atoms with E-state index in [1.807, 2.05) is 0 Å². The summed E-state index contributed by atoms with van der Waals surface area (Å²) in [6, 6.07) is 4.88. The minimum atomic E-state index is -0.334. The second kappa shape index (κ2) is 5.76. The number of hydrogen-bond acceptors (Lipinski definition) is 4. The summed E-state index contributed by atoms with van der Waals surface area (Å²) in [7, 11) is 0. The van der Waals surface area contributed by atoms with E-state index in [-0.39, 0.29) is 12.1 Å². The van der Waals surface area contributed by atoms with Gasteiger partial charge in [-0.25, -0.2) is 4.79 Å². The number of carbonyl (C=O) groups is 1. The Bertz CT molecular complexity index is 424. The Kier molecular flexibility index (Phi) is 4.07. The molecule has 4 nitrogen and oxygen atoms in total. The van der Waals surface area contributed by atoms with Gasteiger partial charge in [0, 0.05) is 11.4 Å². The Morgan fingerprint density at radius 1 is 1.11 bits per heavy atom. The molecule has 0 bridgehead atoms. The van der Waals surface area contributed by atoms with Crippen LogP contribution in [-0.4, -0.2) is 12.1 Å². The first-order chi connectivity index (χ1) is 8.66. The monoisotopic (exact) mass is 248 g/mol. The van der Waals surface area contributed by atoms with Gasteiger partial charge in [-0.1, -0.05) is 12.8 Å². The summed E-state index contributed by atoms with van der Waals surface area (Å²) in [6.45, 7) is 0. The van der Waals surface area contributed by atoms with E-state index in [2.05, 4.69) is 0 Å². The fourth-order valence-electron chi connectivity index (χ4n) is 2.34. The van der Waals surface area contributed by atoms with E-state index in [9.17, 15) is 4.79 Å². The van der Waals surface area contributed by atoms with E-state index in [0.29, 0.717) is 16.9 Å². The Morgan fingerprint density at radius 2 is 1.78 bits per heavy atom. The predicted octanol–water partition coefficient (Wildman–Crippen LogP) is 2.73. The van der Waals surface area contributed by atoms with E-state index in [0.717, 1.165) is 25.7 Å². The SMILES string of the molecule is Nc1ccc(C(=O)OC2CCCCCC2)c(N)c1. The zero-order valence-corrected chi connectivity index (χ0v) is 10.5. The van der Waals surface area contributed by atoms with Gasteiger partial charge in [0.05, 0.1) is 5.56 Å². The highest BCUT2D eigenvalue weighted by Gasteiger charge is 2.19. The topological polar surface area (TPSA) is 78.3 Å². The van der Waals surface area contributed by atoms with Gasteiger partial charge in [0.2, 0.25) is 0 Å². The molecule has 1 saturated carbocycles. The van der Waals surface area contributed by atoms with Gasteiger partial charge in [0.1, 0.15) is 6.10 Å². The molecule has 0 aromatic heterocycles. The maximum Gasteiger partial charge on any atom is 0.340 e. The summed E-state index contributed by atoms with van der Waals surface area (Å²) in [5, 5.41) is 0. The lowest BCUT2D eigenvalue weighted by Gasteiger charge is -2.16. The van der Waals surface area contributed by atoms with Crippen LogP contribution in [0.25, 0.3) is 0 Å². The van der Waals surface area contributed by atoms with E-state index in [4.69, 9.17) is 16.2 Å². The number of nitrogens with two attached hydrogens (primary N) is 2. The summed E-state index contributed by atoms with van der Waals surface area (Å²) in [5.41, 5.74) is 12.7. The molecule has 98 valence electrons. The molecular formula is C14H20N2O2. The summed E-state index contributed by atoms with van der Waals surface area (Å²) in [6.07, 6.45) is 6.69. The Morgan fingerprint density at radius 3 is 2.39 bits per heavy atom. The van der Waals surface area contributed by atoms with Crippen molar-refractivity contribution in [2.75, 3.05) is 11.5 Å². The fourth-order valence-corrected chi connectivity index (χ4v) is 2.34. The van der Waals surface area contributed by atoms with Crippen LogP contribution in [0.3, 0.4) is 0 Å². The first-order valence-electron chi connectivity index (χ1n) is 6.53. The quantitative estimate of drug-likeness (QED) is 0.479. The zero-order chi connectivity index (χ0) is 13.0. The fraction of sp³-hybridized carbons (Fsp3) is 0.500. The second-order valence-corrected chi connectivity index (χ2v) is 4.87. The molecule has 1 fully saturated rings. The average Bonchev–Trinajstić information content (AvgIpc) is 2.57. The third-order valence-electron chi connectivity index (χ3n) is 3.37. The highest BCUT2D eigenvalue weighted by molar-refractivity contribution is 5.95. The van der Waals surface area contributed by atoms with Crippen LogP contribution in [0.1, 0.15) is 48.9 Å². The molecule has 0 amide bonds. The Labute approximate surface area is 107 Å². The number of nitrogen functional groups attached to an aromatic ring is 2. The van der Waals surface area contributed by atoms with Crippen LogP contribution < -0.4 is 11.5 Å². The number of benzene rings is 1. The highest BCUT2D eigenvalue weighted by Crippen LogP contribution is 2.23. The molecule has 1 aliphatic rings. The first-order valence-corrected chi connectivity index (χ1v) is 6.53. The molecule has 1 aliphatic carbocycles. The molecule has 0 heterocycles. The molecule has 1 aromatic carbocycles. The van der Waals surface area contributed by atoms with Crippen molar-refractivity contribution in [2.24, 2.45) is 0 Å². The van der Waals surface area contributed by atoms with Crippen LogP contribution in [0.2, 0.25) is 0 Å². The number of rotatable bonds is 2. The van der Waals surface area contributed by atoms with Crippen molar-refractivity contribution in [3.8, 4) is 0 Å². The van der Waals surface area contributed by atoms with Gasteiger partial charge in [0.25, 0.3) is 0 Å². The van der Waals surface area contributed by atoms with Crippen molar-refractivity contribution >= 4 is 17.3 Å². The molecule has 0 saturated heterocycles. The zero-order valence-electron chi connectivity index (χ0n) is 10.5. The minimum absolute atomic E-state index is 0.0388. The second-order valence-electron chi connectivity index (χ2n) is 4.87. The van der Waals surface area contributed by atoms with E-state index in [1.165, 1.54) is 12.8 Å². The molecule has 0 aliphatic heterocycles. The number of ether oxygens (including phenoxy) is 1. The van der Waals surface area contributed by atoms with E-state index < -0.39 is 0 Å². The van der Waals surface area contributed by atoms with Gasteiger partial charge in [0.15, 0.2) is 0 Å². The van der Waals surface area contributed by atoms with Crippen LogP contribution in [0, 0.1) is 0 Å². The standard InChI is InChI=1S/C14H20N2O2/c15-10-7-8-12(13(16)9-10)14(17)18-11-5-3-1-2-4-6-11/h7-9,11H,1-6,15-16H2. The van der Waals surface area contributed by atoms with Crippen molar-refractivity contribution in [3.05, 3.63) is 23.8 Å². The van der Waals surface area contributed by atoms with Gasteiger partial charge in [-0.05, 0) is 43.9 Å². The number of anilines is 2. The Balaban J connectivity index is 2.02. The predicted molar refractivity (Wildman–Crippen MR) is 72.2 cm³/mol. The largest absolute Gasteiger partial charge is 0.459 e. The maximum absolute atomic E-state index is 12.0. The van der Waals surface area contributed by atoms with Crippen LogP contribution in [0.4, 0.5) is 11.4 Å². The lowest BCUT2D eigenvalue weighted by molar-refractivity contribution is 0.0268. The summed E-state index contributed by atoms with van der Waals surface area (Å²) in [4.78, 5) is 12.0. The summed E-state index contributed by atoms with van der Waals surface area (Å²) < 4.78 is 5.52. The molecule has 0 unspecified atom stereocenters. The lowest BCUT2D eigenvalue weighted by atomic mass is 10.1. The van der Waals surface area contributed by atoms with Gasteiger partial charge in [-0.2, -0.15) is 0 Å². The molecule has 2 rings (SSSR count). The molecule has 18 heavy (non-hydrogen) atoms. The summed E-state index contributed by atoms with van der Waals surface area (Å²) in [5.74, 6) is -0.334. The van der Waals surface area contributed by atoms with Crippen molar-refractivity contribution in [3.63, 3.8) is 0 Å². The molecule has 4 heteroatoms. The number of carbonyl (C=O) groups excluding carboxylic acids is 1. The van der Waals surface area contributed by atoms with Gasteiger partial charge in [-0.15, -0.1) is 0 Å². The first kappa shape index (κ1) is 12.7. The highest BCUT2D eigenvalue weighted by atomic mass is 16.5. The van der Waals surface area contributed by atoms with Crippen molar-refractivity contribution in [2.45, 2.75) is 44.6 Å². The molecule has 0 atom stereocenters.